The lowest BCUT2D eigenvalue weighted by molar-refractivity contribution is -0.144. The van der Waals surface area contributed by atoms with Crippen molar-refractivity contribution in [3.05, 3.63) is 51.6 Å². The minimum absolute atomic E-state index is 0.0241. The summed E-state index contributed by atoms with van der Waals surface area (Å²) in [6.07, 6.45) is -9.57. The largest absolute Gasteiger partial charge is 0.419 e. The molecule has 32 heavy (non-hydrogen) atoms. The van der Waals surface area contributed by atoms with Gasteiger partial charge in [0.1, 0.15) is 5.82 Å². The van der Waals surface area contributed by atoms with Gasteiger partial charge in [0.15, 0.2) is 5.69 Å². The normalized spacial score (nSPS) is 18.0. The van der Waals surface area contributed by atoms with Gasteiger partial charge in [-0.2, -0.15) is 31.4 Å². The van der Waals surface area contributed by atoms with Gasteiger partial charge >= 0.3 is 12.4 Å². The summed E-state index contributed by atoms with van der Waals surface area (Å²) in [6, 6.07) is 0.256. The van der Waals surface area contributed by atoms with Crippen molar-refractivity contribution in [2.24, 2.45) is 0 Å². The van der Waals surface area contributed by atoms with Crippen LogP contribution in [0.4, 0.5) is 30.7 Å². The highest BCUT2D eigenvalue weighted by atomic mass is 19.4. The van der Waals surface area contributed by atoms with Gasteiger partial charge in [0.05, 0.1) is 16.8 Å². The van der Waals surface area contributed by atoms with Crippen molar-refractivity contribution in [2.45, 2.75) is 44.1 Å². The number of carbonyl (C=O) groups is 1. The highest BCUT2D eigenvalue weighted by Gasteiger charge is 2.42. The Kier molecular flexibility index (Phi) is 5.68. The van der Waals surface area contributed by atoms with Crippen molar-refractivity contribution in [3.63, 3.8) is 0 Å². The molecule has 1 aromatic carbocycles. The third-order valence-electron chi connectivity index (χ3n) is 5.96. The first-order chi connectivity index (χ1) is 15.0. The van der Waals surface area contributed by atoms with E-state index in [2.05, 4.69) is 15.5 Å². The first-order valence-corrected chi connectivity index (χ1v) is 10.0. The molecule has 1 amide bonds. The second-order valence-corrected chi connectivity index (χ2v) is 7.94. The fourth-order valence-electron chi connectivity index (χ4n) is 4.38. The van der Waals surface area contributed by atoms with Crippen molar-refractivity contribution in [1.29, 1.82) is 0 Å². The number of amides is 1. The molecule has 0 bridgehead atoms. The Bertz CT molecular complexity index is 1020. The van der Waals surface area contributed by atoms with E-state index in [0.717, 1.165) is 11.3 Å². The predicted octanol–water partition coefficient (Wildman–Crippen LogP) is 4.25. The van der Waals surface area contributed by atoms with E-state index in [-0.39, 0.29) is 43.6 Å². The number of aromatic nitrogens is 2. The van der Waals surface area contributed by atoms with Crippen LogP contribution in [0.3, 0.4) is 0 Å². The molecule has 1 aromatic heterocycles. The molecule has 1 saturated heterocycles. The Morgan fingerprint density at radius 3 is 2.38 bits per heavy atom. The summed E-state index contributed by atoms with van der Waals surface area (Å²) in [7, 11) is 0. The standard InChI is InChI=1S/C20H19F7N4O/c21-14-8-11(19(22,23)24)7-13(16(14)20(25,26)27)10-2-5-31(6-3-10)18(32)17-12-1-4-28-9-15(12)29-30-17/h7-8,10,28H,1-6,9H2,(H,29,30). The zero-order chi connectivity index (χ0) is 23.3. The average Bonchev–Trinajstić information content (AvgIpc) is 3.15. The molecule has 2 aliphatic rings. The SMILES string of the molecule is O=C(c1n[nH]c2c1CCNC2)N1CCC(c2cc(C(F)(F)F)cc(F)c2C(F)(F)F)CC1. The molecular formula is C20H19F7N4O. The van der Waals surface area contributed by atoms with Crippen LogP contribution in [-0.4, -0.2) is 40.6 Å². The van der Waals surface area contributed by atoms with Crippen molar-refractivity contribution in [1.82, 2.24) is 20.4 Å². The summed E-state index contributed by atoms with van der Waals surface area (Å²) in [5.74, 6) is -3.29. The number of rotatable bonds is 2. The number of halogens is 7. The van der Waals surface area contributed by atoms with Crippen LogP contribution in [0.15, 0.2) is 12.1 Å². The molecule has 12 heteroatoms. The summed E-state index contributed by atoms with van der Waals surface area (Å²) in [5.41, 5.74) is -2.03. The van der Waals surface area contributed by atoms with Crippen molar-refractivity contribution < 1.29 is 35.5 Å². The van der Waals surface area contributed by atoms with Crippen LogP contribution in [-0.2, 0) is 25.3 Å². The molecule has 4 rings (SSSR count). The second kappa shape index (κ2) is 8.05. The summed E-state index contributed by atoms with van der Waals surface area (Å²) in [6.45, 7) is 1.27. The van der Waals surface area contributed by atoms with Gasteiger partial charge in [0.25, 0.3) is 5.91 Å². The van der Waals surface area contributed by atoms with Gasteiger partial charge in [-0.15, -0.1) is 0 Å². The van der Waals surface area contributed by atoms with Crippen LogP contribution in [0.1, 0.15) is 57.2 Å². The molecule has 2 aromatic rings. The molecule has 1 fully saturated rings. The van der Waals surface area contributed by atoms with Crippen LogP contribution in [0.2, 0.25) is 0 Å². The van der Waals surface area contributed by atoms with E-state index in [9.17, 15) is 35.5 Å². The number of fused-ring (bicyclic) bond motifs is 1. The number of H-pyrrole nitrogens is 1. The van der Waals surface area contributed by atoms with E-state index < -0.39 is 40.8 Å². The lowest BCUT2D eigenvalue weighted by Gasteiger charge is -2.33. The average molecular weight is 464 g/mol. The lowest BCUT2D eigenvalue weighted by Crippen LogP contribution is -2.39. The van der Waals surface area contributed by atoms with E-state index in [1.165, 1.54) is 4.90 Å². The number of piperidine rings is 1. The molecule has 174 valence electrons. The van der Waals surface area contributed by atoms with E-state index in [0.29, 0.717) is 25.6 Å². The Labute approximate surface area is 178 Å². The highest BCUT2D eigenvalue weighted by molar-refractivity contribution is 5.94. The van der Waals surface area contributed by atoms with Crippen LogP contribution in [0, 0.1) is 5.82 Å². The summed E-state index contributed by atoms with van der Waals surface area (Å²) >= 11 is 0. The van der Waals surface area contributed by atoms with E-state index in [1.807, 2.05) is 0 Å². The second-order valence-electron chi connectivity index (χ2n) is 7.94. The summed E-state index contributed by atoms with van der Waals surface area (Å²) in [4.78, 5) is 14.3. The monoisotopic (exact) mass is 464 g/mol. The fourth-order valence-corrected chi connectivity index (χ4v) is 4.38. The minimum atomic E-state index is -5.14. The number of hydrogen-bond donors (Lipinski definition) is 2. The Hall–Kier alpha value is -2.63. The molecule has 3 heterocycles. The molecule has 0 spiro atoms. The maximum absolute atomic E-state index is 14.1. The number of carbonyl (C=O) groups excluding carboxylic acids is 1. The highest BCUT2D eigenvalue weighted by Crippen LogP contribution is 2.43. The van der Waals surface area contributed by atoms with E-state index >= 15 is 0 Å². The summed E-state index contributed by atoms with van der Waals surface area (Å²) < 4.78 is 93.7. The van der Waals surface area contributed by atoms with E-state index in [4.69, 9.17) is 0 Å². The van der Waals surface area contributed by atoms with Crippen LogP contribution in [0.5, 0.6) is 0 Å². The molecular weight excluding hydrogens is 445 g/mol. The number of nitrogens with zero attached hydrogens (tertiary/aromatic N) is 2. The molecule has 5 nitrogen and oxygen atoms in total. The van der Waals surface area contributed by atoms with Gasteiger partial charge in [-0.1, -0.05) is 0 Å². The van der Waals surface area contributed by atoms with Gasteiger partial charge in [-0.25, -0.2) is 4.39 Å². The minimum Gasteiger partial charge on any atom is -0.337 e. The third kappa shape index (κ3) is 4.19. The Balaban J connectivity index is 1.57. The molecule has 0 radical (unpaired) electrons. The smallest absolute Gasteiger partial charge is 0.337 e. The van der Waals surface area contributed by atoms with E-state index in [1.54, 1.807) is 0 Å². The van der Waals surface area contributed by atoms with Crippen molar-refractivity contribution in [2.75, 3.05) is 19.6 Å². The van der Waals surface area contributed by atoms with Crippen LogP contribution >= 0.6 is 0 Å². The lowest BCUT2D eigenvalue weighted by atomic mass is 9.84. The van der Waals surface area contributed by atoms with Gasteiger partial charge in [-0.05, 0) is 49.4 Å². The zero-order valence-electron chi connectivity index (χ0n) is 16.6. The van der Waals surface area contributed by atoms with Gasteiger partial charge in [0.2, 0.25) is 0 Å². The van der Waals surface area contributed by atoms with Crippen LogP contribution in [0.25, 0.3) is 0 Å². The third-order valence-corrected chi connectivity index (χ3v) is 5.96. The van der Waals surface area contributed by atoms with Gasteiger partial charge in [0, 0.05) is 25.2 Å². The number of likely N-dealkylation sites (tertiary alicyclic amines) is 1. The first-order valence-electron chi connectivity index (χ1n) is 10.0. The van der Waals surface area contributed by atoms with Gasteiger partial charge < -0.3 is 10.2 Å². The number of aromatic amines is 1. The quantitative estimate of drug-likeness (QED) is 0.654. The maximum Gasteiger partial charge on any atom is 0.419 e. The maximum atomic E-state index is 14.1. The number of alkyl halides is 6. The van der Waals surface area contributed by atoms with Crippen molar-refractivity contribution in [3.8, 4) is 0 Å². The Morgan fingerprint density at radius 1 is 1.06 bits per heavy atom. The predicted molar refractivity (Wildman–Crippen MR) is 98.3 cm³/mol. The van der Waals surface area contributed by atoms with Gasteiger partial charge in [-0.3, -0.25) is 9.89 Å². The topological polar surface area (TPSA) is 61.0 Å². The van der Waals surface area contributed by atoms with Crippen LogP contribution < -0.4 is 5.32 Å². The molecule has 2 aliphatic heterocycles. The molecule has 0 atom stereocenters. The first kappa shape index (κ1) is 22.6. The Morgan fingerprint density at radius 2 is 1.75 bits per heavy atom. The number of nitrogens with one attached hydrogen (secondary N) is 2. The molecule has 0 saturated carbocycles. The fraction of sp³-hybridized carbons (Fsp3) is 0.500. The molecule has 2 N–H and O–H groups in total. The molecule has 0 aliphatic carbocycles. The number of hydrogen-bond acceptors (Lipinski definition) is 3. The number of benzene rings is 1. The zero-order valence-corrected chi connectivity index (χ0v) is 16.6. The summed E-state index contributed by atoms with van der Waals surface area (Å²) in [5, 5.41) is 10.0. The molecule has 0 unspecified atom stereocenters. The van der Waals surface area contributed by atoms with Crippen molar-refractivity contribution >= 4 is 5.91 Å².